The Balaban J connectivity index is 3.71. The standard InChI is InChI=1S/C7H10O/c1-3-5-7(4-2)6-8/h3-4,6H,1,5H2,2H3. The van der Waals surface area contributed by atoms with E-state index in [0.29, 0.717) is 6.42 Å². The van der Waals surface area contributed by atoms with Crippen LogP contribution in [-0.4, -0.2) is 6.29 Å². The summed E-state index contributed by atoms with van der Waals surface area (Å²) in [6.45, 7) is 5.34. The lowest BCUT2D eigenvalue weighted by atomic mass is 10.2. The third-order valence-electron chi connectivity index (χ3n) is 0.902. The van der Waals surface area contributed by atoms with Gasteiger partial charge in [-0.05, 0) is 18.9 Å². The molecule has 0 aliphatic rings. The monoisotopic (exact) mass is 110 g/mol. The van der Waals surface area contributed by atoms with E-state index in [2.05, 4.69) is 6.58 Å². The highest BCUT2D eigenvalue weighted by Crippen LogP contribution is 1.95. The fraction of sp³-hybridized carbons (Fsp3) is 0.286. The first-order valence-corrected chi connectivity index (χ1v) is 2.56. The third kappa shape index (κ3) is 2.35. The lowest BCUT2D eigenvalue weighted by molar-refractivity contribution is -0.105. The maximum absolute atomic E-state index is 10.0. The van der Waals surface area contributed by atoms with Gasteiger partial charge in [0.25, 0.3) is 0 Å². The minimum absolute atomic E-state index is 0.681. The summed E-state index contributed by atoms with van der Waals surface area (Å²) in [6, 6.07) is 0. The molecule has 0 fully saturated rings. The molecule has 0 atom stereocenters. The second-order valence-electron chi connectivity index (χ2n) is 1.47. The van der Waals surface area contributed by atoms with Crippen LogP contribution in [0.3, 0.4) is 0 Å². The normalized spacial score (nSPS) is 10.9. The van der Waals surface area contributed by atoms with Gasteiger partial charge in [0.05, 0.1) is 0 Å². The Morgan fingerprint density at radius 2 is 2.38 bits per heavy atom. The van der Waals surface area contributed by atoms with E-state index in [9.17, 15) is 4.79 Å². The van der Waals surface area contributed by atoms with Crippen molar-refractivity contribution in [2.75, 3.05) is 0 Å². The summed E-state index contributed by atoms with van der Waals surface area (Å²) < 4.78 is 0. The molecule has 0 unspecified atom stereocenters. The summed E-state index contributed by atoms with van der Waals surface area (Å²) in [5.41, 5.74) is 0.792. The fourth-order valence-corrected chi connectivity index (χ4v) is 0.401. The van der Waals surface area contributed by atoms with E-state index in [0.717, 1.165) is 11.9 Å². The molecule has 0 aliphatic heterocycles. The molecule has 0 aromatic carbocycles. The summed E-state index contributed by atoms with van der Waals surface area (Å²) >= 11 is 0. The molecule has 44 valence electrons. The second kappa shape index (κ2) is 4.31. The smallest absolute Gasteiger partial charge is 0.146 e. The highest BCUT2D eigenvalue weighted by Gasteiger charge is 1.84. The van der Waals surface area contributed by atoms with E-state index >= 15 is 0 Å². The molecular weight excluding hydrogens is 100 g/mol. The number of aldehydes is 1. The van der Waals surface area contributed by atoms with E-state index < -0.39 is 0 Å². The van der Waals surface area contributed by atoms with Gasteiger partial charge in [0.1, 0.15) is 6.29 Å². The van der Waals surface area contributed by atoms with Gasteiger partial charge in [0, 0.05) is 0 Å². The van der Waals surface area contributed by atoms with Crippen LogP contribution in [0.25, 0.3) is 0 Å². The molecule has 0 rings (SSSR count). The first-order chi connectivity index (χ1) is 3.85. The van der Waals surface area contributed by atoms with Crippen molar-refractivity contribution in [1.29, 1.82) is 0 Å². The predicted molar refractivity (Wildman–Crippen MR) is 34.6 cm³/mol. The summed E-state index contributed by atoms with van der Waals surface area (Å²) in [6.07, 6.45) is 5.03. The Bertz CT molecular complexity index is 112. The molecule has 0 amide bonds. The van der Waals surface area contributed by atoms with Gasteiger partial charge in [0.15, 0.2) is 0 Å². The Labute approximate surface area is 49.7 Å². The Hall–Kier alpha value is -0.850. The number of hydrogen-bond donors (Lipinski definition) is 0. The minimum Gasteiger partial charge on any atom is -0.298 e. The molecule has 0 aromatic rings. The van der Waals surface area contributed by atoms with Crippen molar-refractivity contribution < 1.29 is 4.79 Å². The van der Waals surface area contributed by atoms with Crippen LogP contribution in [0, 0.1) is 0 Å². The predicted octanol–water partition coefficient (Wildman–Crippen LogP) is 1.71. The lowest BCUT2D eigenvalue weighted by Crippen LogP contribution is -1.78. The second-order valence-corrected chi connectivity index (χ2v) is 1.47. The maximum atomic E-state index is 10.0. The van der Waals surface area contributed by atoms with Crippen molar-refractivity contribution in [2.24, 2.45) is 0 Å². The van der Waals surface area contributed by atoms with Gasteiger partial charge in [-0.15, -0.1) is 6.58 Å². The number of hydrogen-bond acceptors (Lipinski definition) is 1. The first-order valence-electron chi connectivity index (χ1n) is 2.56. The van der Waals surface area contributed by atoms with Crippen LogP contribution >= 0.6 is 0 Å². The van der Waals surface area contributed by atoms with Crippen LogP contribution in [0.1, 0.15) is 13.3 Å². The van der Waals surface area contributed by atoms with Crippen LogP contribution in [-0.2, 0) is 4.79 Å². The highest BCUT2D eigenvalue weighted by molar-refractivity contribution is 5.73. The topological polar surface area (TPSA) is 17.1 Å². The SMILES string of the molecule is C=CCC(C=O)=CC. The first kappa shape index (κ1) is 7.15. The quantitative estimate of drug-likeness (QED) is 0.307. The number of carbonyl (C=O) groups is 1. The fourth-order valence-electron chi connectivity index (χ4n) is 0.401. The average molecular weight is 110 g/mol. The van der Waals surface area contributed by atoms with Gasteiger partial charge in [-0.3, -0.25) is 4.79 Å². The van der Waals surface area contributed by atoms with Gasteiger partial charge < -0.3 is 0 Å². The summed E-state index contributed by atoms with van der Waals surface area (Å²) in [5.74, 6) is 0. The molecule has 0 spiro atoms. The highest BCUT2D eigenvalue weighted by atomic mass is 16.1. The molecule has 0 saturated carbocycles. The molecule has 0 N–H and O–H groups in total. The van der Waals surface area contributed by atoms with Gasteiger partial charge in [-0.1, -0.05) is 12.2 Å². The van der Waals surface area contributed by atoms with Gasteiger partial charge in [-0.2, -0.15) is 0 Å². The zero-order chi connectivity index (χ0) is 6.41. The average Bonchev–Trinajstić information content (AvgIpc) is 1.83. The van der Waals surface area contributed by atoms with E-state index in [4.69, 9.17) is 0 Å². The number of rotatable bonds is 3. The Kier molecular flexibility index (Phi) is 3.85. The molecule has 8 heavy (non-hydrogen) atoms. The maximum Gasteiger partial charge on any atom is 0.146 e. The lowest BCUT2D eigenvalue weighted by Gasteiger charge is -1.86. The molecule has 1 heteroatoms. The van der Waals surface area contributed by atoms with Crippen LogP contribution in [0.4, 0.5) is 0 Å². The van der Waals surface area contributed by atoms with Crippen LogP contribution in [0.5, 0.6) is 0 Å². The summed E-state index contributed by atoms with van der Waals surface area (Å²) in [5, 5.41) is 0. The summed E-state index contributed by atoms with van der Waals surface area (Å²) in [7, 11) is 0. The van der Waals surface area contributed by atoms with E-state index in [-0.39, 0.29) is 0 Å². The van der Waals surface area contributed by atoms with Gasteiger partial charge in [0.2, 0.25) is 0 Å². The van der Waals surface area contributed by atoms with Crippen molar-refractivity contribution in [2.45, 2.75) is 13.3 Å². The van der Waals surface area contributed by atoms with E-state index in [1.165, 1.54) is 0 Å². The van der Waals surface area contributed by atoms with Crippen molar-refractivity contribution in [1.82, 2.24) is 0 Å². The van der Waals surface area contributed by atoms with Crippen molar-refractivity contribution in [3.8, 4) is 0 Å². The minimum atomic E-state index is 0.681. The van der Waals surface area contributed by atoms with Crippen molar-refractivity contribution in [3.05, 3.63) is 24.3 Å². The Morgan fingerprint density at radius 3 is 2.50 bits per heavy atom. The molecule has 1 nitrogen and oxygen atoms in total. The van der Waals surface area contributed by atoms with Crippen LogP contribution in [0.15, 0.2) is 24.3 Å². The summed E-state index contributed by atoms with van der Waals surface area (Å²) in [4.78, 5) is 10.0. The molecule has 0 bridgehead atoms. The van der Waals surface area contributed by atoms with Crippen molar-refractivity contribution >= 4 is 6.29 Å². The van der Waals surface area contributed by atoms with E-state index in [1.54, 1.807) is 12.2 Å². The van der Waals surface area contributed by atoms with Crippen molar-refractivity contribution in [3.63, 3.8) is 0 Å². The molecule has 0 saturated heterocycles. The van der Waals surface area contributed by atoms with Gasteiger partial charge >= 0.3 is 0 Å². The van der Waals surface area contributed by atoms with Gasteiger partial charge in [-0.25, -0.2) is 0 Å². The van der Waals surface area contributed by atoms with Crippen LogP contribution < -0.4 is 0 Å². The third-order valence-corrected chi connectivity index (χ3v) is 0.902. The van der Waals surface area contributed by atoms with Crippen LogP contribution in [0.2, 0.25) is 0 Å². The largest absolute Gasteiger partial charge is 0.298 e. The zero-order valence-corrected chi connectivity index (χ0v) is 5.05. The molecule has 0 aromatic heterocycles. The molecule has 0 heterocycles. The van der Waals surface area contributed by atoms with E-state index in [1.807, 2.05) is 6.92 Å². The molecule has 0 aliphatic carbocycles. The molecule has 0 radical (unpaired) electrons. The number of allylic oxidation sites excluding steroid dienone is 3. The number of carbonyl (C=O) groups excluding carboxylic acids is 1. The molecular formula is C7H10O. The zero-order valence-electron chi connectivity index (χ0n) is 5.05. The Morgan fingerprint density at radius 1 is 1.75 bits per heavy atom.